The van der Waals surface area contributed by atoms with Gasteiger partial charge in [-0.15, -0.1) is 0 Å². The van der Waals surface area contributed by atoms with Gasteiger partial charge in [0.1, 0.15) is 0 Å². The molecule has 2 N–H and O–H groups in total. The lowest BCUT2D eigenvalue weighted by atomic mass is 9.99. The van der Waals surface area contributed by atoms with Crippen molar-refractivity contribution in [2.45, 2.75) is 24.7 Å². The van der Waals surface area contributed by atoms with Gasteiger partial charge in [-0.25, -0.2) is 13.2 Å². The summed E-state index contributed by atoms with van der Waals surface area (Å²) < 4.78 is 26.8. The number of hydrogen-bond donors (Lipinski definition) is 1. The molecule has 0 radical (unpaired) electrons. The van der Waals surface area contributed by atoms with E-state index >= 15 is 0 Å². The van der Waals surface area contributed by atoms with Gasteiger partial charge in [0.2, 0.25) is 10.0 Å². The molecule has 1 aliphatic heterocycles. The normalized spacial score (nSPS) is 16.7. The molecular weight excluding hydrogens is 380 g/mol. The van der Waals surface area contributed by atoms with Gasteiger partial charge in [-0.3, -0.25) is 4.98 Å². The van der Waals surface area contributed by atoms with Crippen molar-refractivity contribution in [2.24, 2.45) is 16.8 Å². The first-order valence-electron chi connectivity index (χ1n) is 8.89. The minimum atomic E-state index is -3.56. The van der Waals surface area contributed by atoms with Crippen molar-refractivity contribution in [1.82, 2.24) is 9.29 Å². The maximum Gasteiger partial charge on any atom is 0.338 e. The highest BCUT2D eigenvalue weighted by Crippen LogP contribution is 2.25. The quantitative estimate of drug-likeness (QED) is 0.352. The van der Waals surface area contributed by atoms with Crippen LogP contribution >= 0.6 is 0 Å². The van der Waals surface area contributed by atoms with E-state index in [1.54, 1.807) is 48.8 Å². The van der Waals surface area contributed by atoms with Crippen molar-refractivity contribution in [3.05, 3.63) is 59.9 Å². The molecule has 2 heterocycles. The SMILES string of the molecule is Cc1ccc(S(=O)(=O)N2CCC(C(=O)O/N=C(\N)c3ccncc3)CC2)cc1. The van der Waals surface area contributed by atoms with E-state index in [0.29, 0.717) is 18.4 Å². The molecule has 1 aromatic carbocycles. The maximum atomic E-state index is 12.7. The molecule has 0 spiro atoms. The average molecular weight is 402 g/mol. The van der Waals surface area contributed by atoms with Gasteiger partial charge in [0.25, 0.3) is 0 Å². The molecule has 3 rings (SSSR count). The minimum absolute atomic E-state index is 0.0788. The largest absolute Gasteiger partial charge is 0.380 e. The van der Waals surface area contributed by atoms with Crippen LogP contribution in [0.3, 0.4) is 0 Å². The first kappa shape index (κ1) is 20.0. The summed E-state index contributed by atoms with van der Waals surface area (Å²) in [7, 11) is -3.56. The van der Waals surface area contributed by atoms with E-state index < -0.39 is 21.9 Å². The number of pyridine rings is 1. The highest BCUT2D eigenvalue weighted by molar-refractivity contribution is 7.89. The van der Waals surface area contributed by atoms with Crippen LogP contribution in [0.2, 0.25) is 0 Å². The molecule has 8 nitrogen and oxygen atoms in total. The molecule has 148 valence electrons. The molecule has 1 aromatic heterocycles. The molecule has 1 fully saturated rings. The molecule has 1 saturated heterocycles. The van der Waals surface area contributed by atoms with Crippen LogP contribution in [-0.2, 0) is 19.7 Å². The fourth-order valence-electron chi connectivity index (χ4n) is 2.94. The molecule has 0 unspecified atom stereocenters. The Bertz CT molecular complexity index is 951. The Balaban J connectivity index is 1.57. The maximum absolute atomic E-state index is 12.7. The van der Waals surface area contributed by atoms with E-state index in [0.717, 1.165) is 5.56 Å². The van der Waals surface area contributed by atoms with Gasteiger partial charge >= 0.3 is 5.97 Å². The Morgan fingerprint density at radius 3 is 2.36 bits per heavy atom. The summed E-state index contributed by atoms with van der Waals surface area (Å²) in [4.78, 5) is 21.3. The van der Waals surface area contributed by atoms with Gasteiger partial charge < -0.3 is 10.6 Å². The van der Waals surface area contributed by atoms with E-state index in [1.807, 2.05) is 6.92 Å². The molecule has 0 aliphatic carbocycles. The third-order valence-corrected chi connectivity index (χ3v) is 6.57. The summed E-state index contributed by atoms with van der Waals surface area (Å²) in [6.45, 7) is 2.40. The molecular formula is C19H22N4O4S. The van der Waals surface area contributed by atoms with Gasteiger partial charge in [-0.2, -0.15) is 4.31 Å². The Morgan fingerprint density at radius 1 is 1.14 bits per heavy atom. The number of aryl methyl sites for hydroxylation is 1. The van der Waals surface area contributed by atoms with Crippen LogP contribution in [0.4, 0.5) is 0 Å². The summed E-state index contributed by atoms with van der Waals surface area (Å²) in [6, 6.07) is 10.0. The smallest absolute Gasteiger partial charge is 0.338 e. The number of amidine groups is 1. The Hall–Kier alpha value is -2.78. The minimum Gasteiger partial charge on any atom is -0.380 e. The summed E-state index contributed by atoms with van der Waals surface area (Å²) >= 11 is 0. The van der Waals surface area contributed by atoms with E-state index in [2.05, 4.69) is 10.1 Å². The van der Waals surface area contributed by atoms with Crippen molar-refractivity contribution in [3.8, 4) is 0 Å². The van der Waals surface area contributed by atoms with Crippen LogP contribution < -0.4 is 5.73 Å². The molecule has 0 amide bonds. The molecule has 9 heteroatoms. The van der Waals surface area contributed by atoms with Gasteiger partial charge in [0.05, 0.1) is 10.8 Å². The van der Waals surface area contributed by atoms with Crippen LogP contribution in [-0.4, -0.2) is 42.6 Å². The first-order chi connectivity index (χ1) is 13.4. The number of carbonyl (C=O) groups excluding carboxylic acids is 1. The van der Waals surface area contributed by atoms with Crippen molar-refractivity contribution < 1.29 is 18.0 Å². The Kier molecular flexibility index (Phi) is 6.05. The predicted octanol–water partition coefficient (Wildman–Crippen LogP) is 1.65. The lowest BCUT2D eigenvalue weighted by Crippen LogP contribution is -2.40. The van der Waals surface area contributed by atoms with E-state index in [4.69, 9.17) is 10.6 Å². The third kappa shape index (κ3) is 4.55. The highest BCUT2D eigenvalue weighted by Gasteiger charge is 2.33. The summed E-state index contributed by atoms with van der Waals surface area (Å²) in [6.07, 6.45) is 3.86. The van der Waals surface area contributed by atoms with Crippen LogP contribution in [0.5, 0.6) is 0 Å². The first-order valence-corrected chi connectivity index (χ1v) is 10.3. The second kappa shape index (κ2) is 8.49. The van der Waals surface area contributed by atoms with E-state index in [-0.39, 0.29) is 23.8 Å². The van der Waals surface area contributed by atoms with Crippen molar-refractivity contribution in [1.29, 1.82) is 0 Å². The third-order valence-electron chi connectivity index (χ3n) is 4.66. The van der Waals surface area contributed by atoms with Gasteiger partial charge in [0.15, 0.2) is 5.84 Å². The lowest BCUT2D eigenvalue weighted by molar-refractivity contribution is -0.149. The second-order valence-corrected chi connectivity index (χ2v) is 8.55. The zero-order valence-corrected chi connectivity index (χ0v) is 16.3. The van der Waals surface area contributed by atoms with Crippen LogP contribution in [0.15, 0.2) is 58.8 Å². The molecule has 1 aliphatic rings. The summed E-state index contributed by atoms with van der Waals surface area (Å²) in [5.74, 6) is -0.849. The van der Waals surface area contributed by atoms with Gasteiger partial charge in [-0.1, -0.05) is 22.9 Å². The number of sulfonamides is 1. The molecule has 0 atom stereocenters. The standard InChI is InChI=1S/C19H22N4O4S/c1-14-2-4-17(5-3-14)28(25,26)23-12-8-16(9-13-23)19(24)27-22-18(20)15-6-10-21-11-7-15/h2-7,10-11,16H,8-9,12-13H2,1H3,(H2,20,22). The molecule has 2 aromatic rings. The number of hydrogen-bond acceptors (Lipinski definition) is 6. The molecule has 28 heavy (non-hydrogen) atoms. The number of oxime groups is 1. The molecule has 0 bridgehead atoms. The Labute approximate surface area is 164 Å². The number of carbonyl (C=O) groups is 1. The number of aromatic nitrogens is 1. The van der Waals surface area contributed by atoms with E-state index in [9.17, 15) is 13.2 Å². The average Bonchev–Trinajstić information content (AvgIpc) is 2.73. The summed E-state index contributed by atoms with van der Waals surface area (Å²) in [5.41, 5.74) is 7.38. The fraction of sp³-hybridized carbons (Fsp3) is 0.316. The highest BCUT2D eigenvalue weighted by atomic mass is 32.2. The monoisotopic (exact) mass is 402 g/mol. The van der Waals surface area contributed by atoms with Crippen molar-refractivity contribution >= 4 is 21.8 Å². The number of piperidine rings is 1. The van der Waals surface area contributed by atoms with Crippen molar-refractivity contribution in [2.75, 3.05) is 13.1 Å². The predicted molar refractivity (Wildman–Crippen MR) is 104 cm³/mol. The Morgan fingerprint density at radius 2 is 1.75 bits per heavy atom. The fourth-order valence-corrected chi connectivity index (χ4v) is 4.40. The van der Waals surface area contributed by atoms with Gasteiger partial charge in [-0.05, 0) is 44.0 Å². The zero-order valence-electron chi connectivity index (χ0n) is 15.5. The number of nitrogens with two attached hydrogens (primary N) is 1. The summed E-state index contributed by atoms with van der Waals surface area (Å²) in [5, 5.41) is 3.68. The van der Waals surface area contributed by atoms with Gasteiger partial charge in [0, 0.05) is 31.0 Å². The lowest BCUT2D eigenvalue weighted by Gasteiger charge is -2.29. The molecule has 0 saturated carbocycles. The van der Waals surface area contributed by atoms with E-state index in [1.165, 1.54) is 4.31 Å². The topological polar surface area (TPSA) is 115 Å². The zero-order chi connectivity index (χ0) is 20.1. The number of rotatable bonds is 5. The number of benzene rings is 1. The van der Waals surface area contributed by atoms with Crippen molar-refractivity contribution in [3.63, 3.8) is 0 Å². The van der Waals surface area contributed by atoms with Crippen LogP contribution in [0, 0.1) is 12.8 Å². The number of nitrogens with zero attached hydrogens (tertiary/aromatic N) is 3. The second-order valence-electron chi connectivity index (χ2n) is 6.61. The van der Waals surface area contributed by atoms with Crippen LogP contribution in [0.1, 0.15) is 24.0 Å². The van der Waals surface area contributed by atoms with Crippen LogP contribution in [0.25, 0.3) is 0 Å².